The molecule has 0 aliphatic carbocycles. The van der Waals surface area contributed by atoms with Crippen LogP contribution in [0.1, 0.15) is 36.8 Å². The van der Waals surface area contributed by atoms with Gasteiger partial charge in [0.05, 0.1) is 14.2 Å². The summed E-state index contributed by atoms with van der Waals surface area (Å²) in [6.07, 6.45) is 5.73. The summed E-state index contributed by atoms with van der Waals surface area (Å²) in [5, 5.41) is 0. The standard InChI is InChI=1S/C17H21NO3/c1-20-15-9-13-11-18-8-7-12(5-3-4-6-17(18)19)14(13)10-16(15)21-2/h5,9-10H,3-4,6-8,11H2,1-2H3/b12-5-. The Bertz CT molecular complexity index is 592. The number of ether oxygens (including phenoxy) is 2. The monoisotopic (exact) mass is 287 g/mol. The first-order valence-electron chi connectivity index (χ1n) is 7.45. The van der Waals surface area contributed by atoms with Crippen molar-refractivity contribution in [2.45, 2.75) is 32.2 Å². The van der Waals surface area contributed by atoms with Crippen molar-refractivity contribution in [1.82, 2.24) is 4.90 Å². The molecule has 2 aliphatic heterocycles. The van der Waals surface area contributed by atoms with Crippen LogP contribution in [0.25, 0.3) is 5.57 Å². The van der Waals surface area contributed by atoms with E-state index < -0.39 is 0 Å². The van der Waals surface area contributed by atoms with E-state index in [9.17, 15) is 4.79 Å². The fraction of sp³-hybridized carbons (Fsp3) is 0.471. The van der Waals surface area contributed by atoms with Crippen molar-refractivity contribution < 1.29 is 14.3 Å². The molecular weight excluding hydrogens is 266 g/mol. The Morgan fingerprint density at radius 3 is 2.62 bits per heavy atom. The number of hydrogen-bond acceptors (Lipinski definition) is 3. The van der Waals surface area contributed by atoms with Crippen LogP contribution in [0.2, 0.25) is 0 Å². The van der Waals surface area contributed by atoms with Gasteiger partial charge < -0.3 is 14.4 Å². The Balaban J connectivity index is 2.13. The number of methoxy groups -OCH3 is 2. The lowest BCUT2D eigenvalue weighted by molar-refractivity contribution is -0.131. The molecule has 0 saturated heterocycles. The fourth-order valence-electron chi connectivity index (χ4n) is 3.14. The van der Waals surface area contributed by atoms with Crippen molar-refractivity contribution in [3.8, 4) is 11.5 Å². The Morgan fingerprint density at radius 2 is 1.86 bits per heavy atom. The van der Waals surface area contributed by atoms with E-state index >= 15 is 0 Å². The van der Waals surface area contributed by atoms with Gasteiger partial charge in [-0.15, -0.1) is 0 Å². The highest BCUT2D eigenvalue weighted by molar-refractivity contribution is 5.79. The third kappa shape index (κ3) is 2.62. The zero-order valence-electron chi connectivity index (χ0n) is 12.6. The van der Waals surface area contributed by atoms with Gasteiger partial charge in [-0.25, -0.2) is 0 Å². The highest BCUT2D eigenvalue weighted by atomic mass is 16.5. The van der Waals surface area contributed by atoms with Crippen LogP contribution in [0.5, 0.6) is 11.5 Å². The zero-order chi connectivity index (χ0) is 14.8. The molecule has 0 atom stereocenters. The number of carbonyl (C=O) groups is 1. The van der Waals surface area contributed by atoms with Crippen LogP contribution in [0, 0.1) is 0 Å². The first-order chi connectivity index (χ1) is 10.2. The van der Waals surface area contributed by atoms with Gasteiger partial charge in [-0.3, -0.25) is 4.79 Å². The van der Waals surface area contributed by atoms with Gasteiger partial charge >= 0.3 is 0 Å². The Hall–Kier alpha value is -1.97. The number of carbonyl (C=O) groups excluding carboxylic acids is 1. The van der Waals surface area contributed by atoms with Crippen LogP contribution in [0.3, 0.4) is 0 Å². The molecule has 0 fully saturated rings. The van der Waals surface area contributed by atoms with Gasteiger partial charge in [0, 0.05) is 19.5 Å². The summed E-state index contributed by atoms with van der Waals surface area (Å²) in [4.78, 5) is 14.2. The molecule has 2 bridgehead atoms. The highest BCUT2D eigenvalue weighted by Gasteiger charge is 2.24. The van der Waals surface area contributed by atoms with Crippen LogP contribution in [-0.2, 0) is 11.3 Å². The lowest BCUT2D eigenvalue weighted by Crippen LogP contribution is -2.30. The molecule has 0 saturated carbocycles. The molecule has 0 unspecified atom stereocenters. The smallest absolute Gasteiger partial charge is 0.222 e. The molecule has 4 nitrogen and oxygen atoms in total. The van der Waals surface area contributed by atoms with Crippen LogP contribution < -0.4 is 9.47 Å². The molecule has 2 heterocycles. The van der Waals surface area contributed by atoms with E-state index in [4.69, 9.17) is 9.47 Å². The maximum Gasteiger partial charge on any atom is 0.222 e. The normalized spacial score (nSPS) is 20.6. The van der Waals surface area contributed by atoms with Crippen LogP contribution in [0.15, 0.2) is 18.2 Å². The van der Waals surface area contributed by atoms with E-state index in [0.29, 0.717) is 13.0 Å². The highest BCUT2D eigenvalue weighted by Crippen LogP contribution is 2.37. The molecule has 1 amide bonds. The number of allylic oxidation sites excluding steroid dienone is 1. The predicted octanol–water partition coefficient (Wildman–Crippen LogP) is 3.00. The molecule has 3 rings (SSSR count). The minimum absolute atomic E-state index is 0.257. The second kappa shape index (κ2) is 5.80. The molecule has 112 valence electrons. The van der Waals surface area contributed by atoms with Gasteiger partial charge in [0.25, 0.3) is 0 Å². The summed E-state index contributed by atoms with van der Waals surface area (Å²) < 4.78 is 10.8. The second-order valence-corrected chi connectivity index (χ2v) is 5.55. The van der Waals surface area contributed by atoms with Gasteiger partial charge in [-0.2, -0.15) is 0 Å². The summed E-state index contributed by atoms with van der Waals surface area (Å²) >= 11 is 0. The van der Waals surface area contributed by atoms with E-state index in [1.165, 1.54) is 11.1 Å². The molecular formula is C17H21NO3. The lowest BCUT2D eigenvalue weighted by Gasteiger charge is -2.21. The van der Waals surface area contributed by atoms with Gasteiger partial charge in [0.15, 0.2) is 11.5 Å². The predicted molar refractivity (Wildman–Crippen MR) is 81.4 cm³/mol. The fourth-order valence-corrected chi connectivity index (χ4v) is 3.14. The average molecular weight is 287 g/mol. The molecule has 4 heteroatoms. The molecule has 1 aromatic carbocycles. The number of benzene rings is 1. The van der Waals surface area contributed by atoms with Crippen molar-refractivity contribution in [3.63, 3.8) is 0 Å². The number of amides is 1. The third-order valence-electron chi connectivity index (χ3n) is 4.31. The molecule has 0 aromatic heterocycles. The third-order valence-corrected chi connectivity index (χ3v) is 4.31. The number of fused-ring (bicyclic) bond motifs is 5. The Labute approximate surface area is 125 Å². The molecule has 0 spiro atoms. The van der Waals surface area contributed by atoms with Crippen LogP contribution in [-0.4, -0.2) is 31.6 Å². The second-order valence-electron chi connectivity index (χ2n) is 5.55. The zero-order valence-corrected chi connectivity index (χ0v) is 12.6. The van der Waals surface area contributed by atoms with Crippen molar-refractivity contribution in [1.29, 1.82) is 0 Å². The van der Waals surface area contributed by atoms with Gasteiger partial charge in [-0.1, -0.05) is 6.08 Å². The summed E-state index contributed by atoms with van der Waals surface area (Å²) in [6.45, 7) is 1.45. The lowest BCUT2D eigenvalue weighted by atomic mass is 9.96. The van der Waals surface area contributed by atoms with E-state index in [1.807, 2.05) is 11.0 Å². The van der Waals surface area contributed by atoms with Crippen LogP contribution in [0.4, 0.5) is 0 Å². The average Bonchev–Trinajstić information content (AvgIpc) is 2.63. The Morgan fingerprint density at radius 1 is 1.10 bits per heavy atom. The van der Waals surface area contributed by atoms with Crippen molar-refractivity contribution >= 4 is 11.5 Å². The Kier molecular flexibility index (Phi) is 3.86. The van der Waals surface area contributed by atoms with E-state index in [-0.39, 0.29) is 5.91 Å². The minimum atomic E-state index is 0.257. The van der Waals surface area contributed by atoms with E-state index in [1.54, 1.807) is 14.2 Å². The maximum absolute atomic E-state index is 12.3. The largest absolute Gasteiger partial charge is 0.493 e. The first-order valence-corrected chi connectivity index (χ1v) is 7.45. The van der Waals surface area contributed by atoms with E-state index in [0.717, 1.165) is 42.9 Å². The number of rotatable bonds is 2. The SMILES string of the molecule is COc1cc2c(cc1OC)/C1=C\CCCC(=O)N(CC1)C2. The molecule has 2 aliphatic rings. The summed E-state index contributed by atoms with van der Waals surface area (Å²) in [5.74, 6) is 1.73. The van der Waals surface area contributed by atoms with Gasteiger partial charge in [-0.05, 0) is 48.1 Å². The first kappa shape index (κ1) is 14.0. The van der Waals surface area contributed by atoms with Gasteiger partial charge in [0.1, 0.15) is 0 Å². The topological polar surface area (TPSA) is 38.8 Å². The van der Waals surface area contributed by atoms with Crippen molar-refractivity contribution in [2.75, 3.05) is 20.8 Å². The van der Waals surface area contributed by atoms with Crippen molar-refractivity contribution in [2.24, 2.45) is 0 Å². The quantitative estimate of drug-likeness (QED) is 0.839. The minimum Gasteiger partial charge on any atom is -0.493 e. The number of nitrogens with zero attached hydrogens (tertiary/aromatic N) is 1. The summed E-state index contributed by atoms with van der Waals surface area (Å²) in [5.41, 5.74) is 3.67. The molecule has 1 aromatic rings. The molecule has 0 N–H and O–H groups in total. The molecule has 21 heavy (non-hydrogen) atoms. The number of hydrogen-bond donors (Lipinski definition) is 0. The van der Waals surface area contributed by atoms with Gasteiger partial charge in [0.2, 0.25) is 5.91 Å². The molecule has 0 radical (unpaired) electrons. The van der Waals surface area contributed by atoms with Crippen LogP contribution >= 0.6 is 0 Å². The van der Waals surface area contributed by atoms with E-state index in [2.05, 4.69) is 12.1 Å². The summed E-state index contributed by atoms with van der Waals surface area (Å²) in [7, 11) is 3.30. The van der Waals surface area contributed by atoms with Crippen molar-refractivity contribution in [3.05, 3.63) is 29.3 Å². The summed E-state index contributed by atoms with van der Waals surface area (Å²) in [6, 6.07) is 4.06. The maximum atomic E-state index is 12.3.